The van der Waals surface area contributed by atoms with E-state index >= 15 is 0 Å². The van der Waals surface area contributed by atoms with Crippen LogP contribution in [0.2, 0.25) is 10.0 Å². The second-order valence-electron chi connectivity index (χ2n) is 6.85. The zero-order chi connectivity index (χ0) is 23.4. The van der Waals surface area contributed by atoms with E-state index < -0.39 is 11.9 Å². The van der Waals surface area contributed by atoms with E-state index in [1.807, 2.05) is 0 Å². The van der Waals surface area contributed by atoms with Gasteiger partial charge in [-0.3, -0.25) is 0 Å². The number of aliphatic imine (C=N–C) groups is 1. The van der Waals surface area contributed by atoms with Gasteiger partial charge in [0.05, 0.1) is 17.2 Å². The highest BCUT2D eigenvalue weighted by Gasteiger charge is 2.24. The topological polar surface area (TPSA) is 74.2 Å². The third-order valence-electron chi connectivity index (χ3n) is 4.56. The molecule has 0 aliphatic carbocycles. The molecule has 0 unspecified atom stereocenters. The van der Waals surface area contributed by atoms with Crippen molar-refractivity contribution in [2.24, 2.45) is 4.99 Å². The average molecular weight is 482 g/mol. The molecule has 0 amide bonds. The summed E-state index contributed by atoms with van der Waals surface area (Å²) < 4.78 is 16.4. The summed E-state index contributed by atoms with van der Waals surface area (Å²) in [5.41, 5.74) is 1.56. The Bertz CT molecular complexity index is 1300. The number of carbonyl (C=O) groups excluding carboxylic acids is 2. The second kappa shape index (κ2) is 9.90. The monoisotopic (exact) mass is 481 g/mol. The number of esters is 2. The molecule has 0 aromatic heterocycles. The first-order valence-corrected chi connectivity index (χ1v) is 10.7. The lowest BCUT2D eigenvalue weighted by atomic mass is 10.1. The number of rotatable bonds is 6. The van der Waals surface area contributed by atoms with Gasteiger partial charge in [-0.2, -0.15) is 0 Å². The van der Waals surface area contributed by atoms with E-state index in [2.05, 4.69) is 4.99 Å². The quantitative estimate of drug-likeness (QED) is 0.246. The summed E-state index contributed by atoms with van der Waals surface area (Å²) >= 11 is 12.1. The Morgan fingerprint density at radius 1 is 1.03 bits per heavy atom. The Labute approximate surface area is 200 Å². The number of hydrogen-bond donors (Lipinski definition) is 0. The molecule has 0 N–H and O–H groups in total. The van der Waals surface area contributed by atoms with Gasteiger partial charge in [0.2, 0.25) is 5.90 Å². The largest absolute Gasteiger partial charge is 0.490 e. The highest BCUT2D eigenvalue weighted by molar-refractivity contribution is 6.33. The van der Waals surface area contributed by atoms with Crippen molar-refractivity contribution in [3.05, 3.63) is 99.2 Å². The van der Waals surface area contributed by atoms with Crippen LogP contribution in [0.25, 0.3) is 6.08 Å². The van der Waals surface area contributed by atoms with Crippen LogP contribution in [0.1, 0.15) is 28.4 Å². The zero-order valence-corrected chi connectivity index (χ0v) is 18.9. The fraction of sp³-hybridized carbons (Fsp3) is 0.0800. The summed E-state index contributed by atoms with van der Waals surface area (Å²) in [6, 6.07) is 18.4. The molecule has 3 aromatic rings. The highest BCUT2D eigenvalue weighted by atomic mass is 35.5. The van der Waals surface area contributed by atoms with E-state index in [0.29, 0.717) is 28.5 Å². The molecule has 33 heavy (non-hydrogen) atoms. The highest BCUT2D eigenvalue weighted by Crippen LogP contribution is 2.31. The molecule has 0 radical (unpaired) electrons. The molecule has 1 aliphatic heterocycles. The first kappa shape index (κ1) is 22.6. The Balaban J connectivity index is 1.61. The van der Waals surface area contributed by atoms with Crippen LogP contribution in [0.5, 0.6) is 11.5 Å². The minimum absolute atomic E-state index is 0.119. The molecular formula is C25H17Cl2NO5. The van der Waals surface area contributed by atoms with Gasteiger partial charge in [-0.15, -0.1) is 0 Å². The predicted octanol–water partition coefficient (Wildman–Crippen LogP) is 5.96. The third kappa shape index (κ3) is 5.25. The number of cyclic esters (lactones) is 1. The van der Waals surface area contributed by atoms with Gasteiger partial charge in [-0.25, -0.2) is 14.6 Å². The van der Waals surface area contributed by atoms with E-state index in [1.54, 1.807) is 79.7 Å². The predicted molar refractivity (Wildman–Crippen MR) is 126 cm³/mol. The lowest BCUT2D eigenvalue weighted by Crippen LogP contribution is -2.10. The van der Waals surface area contributed by atoms with Crippen LogP contribution in [0.3, 0.4) is 0 Å². The summed E-state index contributed by atoms with van der Waals surface area (Å²) in [7, 11) is 0. The molecule has 1 aliphatic rings. The maximum absolute atomic E-state index is 12.5. The third-order valence-corrected chi connectivity index (χ3v) is 5.12. The Hall–Kier alpha value is -3.61. The van der Waals surface area contributed by atoms with E-state index in [0.717, 1.165) is 0 Å². The Morgan fingerprint density at radius 2 is 1.85 bits per heavy atom. The van der Waals surface area contributed by atoms with Crippen molar-refractivity contribution in [3.63, 3.8) is 0 Å². The van der Waals surface area contributed by atoms with Crippen LogP contribution in [-0.2, 0) is 9.53 Å². The first-order valence-electron chi connectivity index (χ1n) is 9.96. The van der Waals surface area contributed by atoms with Crippen molar-refractivity contribution in [2.45, 2.75) is 6.92 Å². The molecule has 3 aromatic carbocycles. The molecule has 8 heteroatoms. The van der Waals surface area contributed by atoms with Crippen LogP contribution in [0.15, 0.2) is 77.4 Å². The van der Waals surface area contributed by atoms with E-state index in [-0.39, 0.29) is 27.9 Å². The smallest absolute Gasteiger partial charge is 0.363 e. The van der Waals surface area contributed by atoms with Crippen molar-refractivity contribution < 1.29 is 23.8 Å². The number of carbonyl (C=O) groups is 2. The minimum Gasteiger partial charge on any atom is -0.490 e. The summed E-state index contributed by atoms with van der Waals surface area (Å²) in [4.78, 5) is 29.1. The molecule has 0 saturated heterocycles. The first-order chi connectivity index (χ1) is 15.9. The molecule has 166 valence electrons. The number of benzene rings is 3. The lowest BCUT2D eigenvalue weighted by Gasteiger charge is -2.12. The van der Waals surface area contributed by atoms with Gasteiger partial charge in [0.1, 0.15) is 0 Å². The average Bonchev–Trinajstić information content (AvgIpc) is 3.16. The second-order valence-corrected chi connectivity index (χ2v) is 7.70. The van der Waals surface area contributed by atoms with Gasteiger partial charge >= 0.3 is 11.9 Å². The molecule has 0 saturated carbocycles. The van der Waals surface area contributed by atoms with Crippen molar-refractivity contribution in [2.75, 3.05) is 6.61 Å². The molecule has 0 atom stereocenters. The minimum atomic E-state index is -0.609. The number of nitrogens with zero attached hydrogens (tertiary/aromatic N) is 1. The molecule has 0 bridgehead atoms. The lowest BCUT2D eigenvalue weighted by molar-refractivity contribution is -0.129. The summed E-state index contributed by atoms with van der Waals surface area (Å²) in [6.07, 6.45) is 1.56. The van der Waals surface area contributed by atoms with Gasteiger partial charge in [0, 0.05) is 10.6 Å². The van der Waals surface area contributed by atoms with Gasteiger partial charge in [-0.1, -0.05) is 47.5 Å². The van der Waals surface area contributed by atoms with Crippen LogP contribution >= 0.6 is 23.2 Å². The van der Waals surface area contributed by atoms with Crippen molar-refractivity contribution in [1.29, 1.82) is 0 Å². The molecule has 0 fully saturated rings. The molecule has 1 heterocycles. The summed E-state index contributed by atoms with van der Waals surface area (Å²) in [5, 5.41) is 0.793. The molecule has 6 nitrogen and oxygen atoms in total. The standard InChI is InChI=1S/C25H17Cl2NO5/c1-2-31-22-13-15(10-11-21(22)32-24(29)18-8-3-4-9-19(18)27)12-20-25(30)33-23(28-20)16-6-5-7-17(26)14-16/h3-14H,2H2,1H3/b20-12-. The molecule has 4 rings (SSSR count). The Morgan fingerprint density at radius 3 is 2.61 bits per heavy atom. The maximum Gasteiger partial charge on any atom is 0.363 e. The van der Waals surface area contributed by atoms with Gasteiger partial charge in [0.15, 0.2) is 17.2 Å². The molecular weight excluding hydrogens is 465 g/mol. The number of hydrogen-bond acceptors (Lipinski definition) is 6. The van der Waals surface area contributed by atoms with Gasteiger partial charge < -0.3 is 14.2 Å². The van der Waals surface area contributed by atoms with E-state index in [4.69, 9.17) is 37.4 Å². The van der Waals surface area contributed by atoms with Gasteiger partial charge in [0.25, 0.3) is 0 Å². The maximum atomic E-state index is 12.5. The van der Waals surface area contributed by atoms with Crippen LogP contribution in [-0.4, -0.2) is 24.4 Å². The van der Waals surface area contributed by atoms with Gasteiger partial charge in [-0.05, 0) is 61.0 Å². The van der Waals surface area contributed by atoms with Crippen LogP contribution in [0, 0.1) is 0 Å². The van der Waals surface area contributed by atoms with Crippen molar-refractivity contribution in [1.82, 2.24) is 0 Å². The molecule has 0 spiro atoms. The number of halogens is 2. The van der Waals surface area contributed by atoms with Crippen LogP contribution in [0.4, 0.5) is 0 Å². The normalized spacial score (nSPS) is 14.1. The summed E-state index contributed by atoms with van der Waals surface area (Å²) in [5.74, 6) is -0.470. The van der Waals surface area contributed by atoms with Crippen LogP contribution < -0.4 is 9.47 Å². The number of ether oxygens (including phenoxy) is 3. The van der Waals surface area contributed by atoms with E-state index in [1.165, 1.54) is 0 Å². The SMILES string of the molecule is CCOc1cc(/C=C2\N=C(c3cccc(Cl)c3)OC2=O)ccc1OC(=O)c1ccccc1Cl. The Kier molecular flexibility index (Phi) is 6.77. The van der Waals surface area contributed by atoms with E-state index in [9.17, 15) is 9.59 Å². The van der Waals surface area contributed by atoms with Crippen molar-refractivity contribution in [3.8, 4) is 11.5 Å². The fourth-order valence-corrected chi connectivity index (χ4v) is 3.46. The zero-order valence-electron chi connectivity index (χ0n) is 17.4. The fourth-order valence-electron chi connectivity index (χ4n) is 3.06. The van der Waals surface area contributed by atoms with Crippen molar-refractivity contribution >= 4 is 47.1 Å². The summed E-state index contributed by atoms with van der Waals surface area (Å²) in [6.45, 7) is 2.15.